The van der Waals surface area contributed by atoms with Crippen LogP contribution in [-0.2, 0) is 30.3 Å². The van der Waals surface area contributed by atoms with Gasteiger partial charge in [-0.3, -0.25) is 9.59 Å². The van der Waals surface area contributed by atoms with Crippen LogP contribution in [0.1, 0.15) is 44.6 Å². The summed E-state index contributed by atoms with van der Waals surface area (Å²) in [6.07, 6.45) is 19.5. The topological polar surface area (TPSA) is 110 Å². The Kier molecular flexibility index (Phi) is 12.1. The number of ether oxygens (including phenoxy) is 3. The molecule has 0 heterocycles. The van der Waals surface area contributed by atoms with Gasteiger partial charge >= 0.3 is 0 Å². The number of rotatable bonds is 14. The zero-order valence-corrected chi connectivity index (χ0v) is 24.2. The molecule has 0 spiro atoms. The van der Waals surface area contributed by atoms with Crippen molar-refractivity contribution >= 4 is 18.0 Å². The predicted molar refractivity (Wildman–Crippen MR) is 160 cm³/mol. The highest BCUT2D eigenvalue weighted by atomic mass is 19.1. The molecule has 2 aliphatic carbocycles. The monoisotopic (exact) mass is 575 g/mol. The lowest BCUT2D eigenvalue weighted by Gasteiger charge is -2.17. The summed E-state index contributed by atoms with van der Waals surface area (Å²) in [6.45, 7) is 2.17. The van der Waals surface area contributed by atoms with Gasteiger partial charge in [0.2, 0.25) is 11.8 Å². The number of carbonyl (C=O) groups excluding carboxylic acids is 2. The molecule has 2 aliphatic rings. The molecule has 0 saturated heterocycles. The molecule has 3 rings (SSSR count). The minimum atomic E-state index is -0.695. The first kappa shape index (κ1) is 31.9. The summed E-state index contributed by atoms with van der Waals surface area (Å²) in [5.74, 6) is 0.821. The van der Waals surface area contributed by atoms with Gasteiger partial charge in [-0.05, 0) is 68.2 Å². The zero-order chi connectivity index (χ0) is 30.4. The van der Waals surface area contributed by atoms with Crippen LogP contribution in [0.3, 0.4) is 0 Å². The van der Waals surface area contributed by atoms with Crippen LogP contribution < -0.4 is 10.6 Å². The average molecular weight is 576 g/mol. The summed E-state index contributed by atoms with van der Waals surface area (Å²) < 4.78 is 29.6. The standard InChI is InChI=1S/C33H38FN3O5/c1-4-7-25(20-29(41-3)23-40-2)30(16-19-35)42-28-10-5-8-27(9-6-11-28)37-31(38)21-33(17-18-33)32(39)36-22-24-12-14-26(34)15-13-24/h4-5,7,9-16,19-20,23,35H,6,8,17-18,21-22H2,1-3H3,(H,36,39)(H,37,38)/b7-4-,10-5?,25-20+,27-9+,28-11+,29-23-,30-16+,35-19?. The van der Waals surface area contributed by atoms with Crippen LogP contribution in [0.5, 0.6) is 0 Å². The molecule has 9 heteroatoms. The maximum Gasteiger partial charge on any atom is 0.227 e. The van der Waals surface area contributed by atoms with Gasteiger partial charge in [0.1, 0.15) is 23.6 Å². The Bertz CT molecular complexity index is 1350. The van der Waals surface area contributed by atoms with Crippen LogP contribution in [0.15, 0.2) is 108 Å². The highest BCUT2D eigenvalue weighted by molar-refractivity contribution is 5.91. The van der Waals surface area contributed by atoms with Gasteiger partial charge in [0, 0.05) is 36.9 Å². The van der Waals surface area contributed by atoms with E-state index in [-0.39, 0.29) is 30.6 Å². The highest BCUT2D eigenvalue weighted by Gasteiger charge is 2.51. The Morgan fingerprint density at radius 2 is 1.90 bits per heavy atom. The van der Waals surface area contributed by atoms with E-state index < -0.39 is 5.41 Å². The number of allylic oxidation sites excluding steroid dienone is 8. The number of hydrogen-bond acceptors (Lipinski definition) is 6. The number of hydrogen-bond donors (Lipinski definition) is 3. The Hall–Kier alpha value is -4.66. The maximum absolute atomic E-state index is 13.1. The van der Waals surface area contributed by atoms with E-state index in [0.29, 0.717) is 48.5 Å². The largest absolute Gasteiger partial charge is 0.501 e. The third-order valence-electron chi connectivity index (χ3n) is 6.66. The Morgan fingerprint density at radius 1 is 1.14 bits per heavy atom. The van der Waals surface area contributed by atoms with Crippen molar-refractivity contribution in [2.45, 2.75) is 45.6 Å². The van der Waals surface area contributed by atoms with Gasteiger partial charge in [0.15, 0.2) is 5.76 Å². The van der Waals surface area contributed by atoms with Crippen molar-refractivity contribution in [2.75, 3.05) is 14.2 Å². The lowest BCUT2D eigenvalue weighted by molar-refractivity contribution is -0.131. The molecular weight excluding hydrogens is 537 g/mol. The Balaban J connectivity index is 1.59. The van der Waals surface area contributed by atoms with E-state index in [9.17, 15) is 14.0 Å². The van der Waals surface area contributed by atoms with Crippen molar-refractivity contribution in [3.63, 3.8) is 0 Å². The minimum Gasteiger partial charge on any atom is -0.501 e. The summed E-state index contributed by atoms with van der Waals surface area (Å²) in [5, 5.41) is 13.4. The zero-order valence-electron chi connectivity index (χ0n) is 24.2. The number of carbonyl (C=O) groups is 2. The number of nitrogens with one attached hydrogen (secondary N) is 3. The molecule has 0 unspecified atom stereocenters. The van der Waals surface area contributed by atoms with Crippen LogP contribution in [0.4, 0.5) is 4.39 Å². The third-order valence-corrected chi connectivity index (χ3v) is 6.66. The first-order valence-corrected chi connectivity index (χ1v) is 13.7. The normalized spacial score (nSPS) is 19.4. The average Bonchev–Trinajstić information content (AvgIpc) is 3.74. The molecule has 1 saturated carbocycles. The fourth-order valence-corrected chi connectivity index (χ4v) is 4.27. The van der Waals surface area contributed by atoms with E-state index in [4.69, 9.17) is 19.6 Å². The summed E-state index contributed by atoms with van der Waals surface area (Å²) in [5.41, 5.74) is 1.53. The minimum absolute atomic E-state index is 0.103. The molecule has 222 valence electrons. The van der Waals surface area contributed by atoms with Gasteiger partial charge in [-0.2, -0.15) is 0 Å². The summed E-state index contributed by atoms with van der Waals surface area (Å²) in [7, 11) is 3.06. The van der Waals surface area contributed by atoms with Gasteiger partial charge in [-0.15, -0.1) is 0 Å². The van der Waals surface area contributed by atoms with Crippen LogP contribution >= 0.6 is 0 Å². The lowest BCUT2D eigenvalue weighted by atomic mass is 10.0. The van der Waals surface area contributed by atoms with E-state index in [1.165, 1.54) is 32.6 Å². The van der Waals surface area contributed by atoms with E-state index in [2.05, 4.69) is 10.6 Å². The lowest BCUT2D eigenvalue weighted by Crippen LogP contribution is -2.35. The fourth-order valence-electron chi connectivity index (χ4n) is 4.27. The van der Waals surface area contributed by atoms with Gasteiger partial charge < -0.3 is 30.3 Å². The molecule has 0 aliphatic heterocycles. The summed E-state index contributed by atoms with van der Waals surface area (Å²) in [6, 6.07) is 5.96. The van der Waals surface area contributed by atoms with Crippen molar-refractivity contribution in [2.24, 2.45) is 5.41 Å². The molecule has 3 N–H and O–H groups in total. The molecule has 0 aromatic heterocycles. The van der Waals surface area contributed by atoms with E-state index in [1.807, 2.05) is 43.4 Å². The van der Waals surface area contributed by atoms with Crippen LogP contribution in [-0.4, -0.2) is 32.2 Å². The predicted octanol–water partition coefficient (Wildman–Crippen LogP) is 6.03. The number of halogens is 1. The van der Waals surface area contributed by atoms with Gasteiger partial charge in [0.25, 0.3) is 0 Å². The quantitative estimate of drug-likeness (QED) is 0.143. The molecule has 0 atom stereocenters. The highest BCUT2D eigenvalue weighted by Crippen LogP contribution is 2.49. The van der Waals surface area contributed by atoms with Gasteiger partial charge in [-0.1, -0.05) is 36.4 Å². The van der Waals surface area contributed by atoms with Crippen molar-refractivity contribution in [3.8, 4) is 0 Å². The molecule has 0 radical (unpaired) electrons. The second-order valence-corrected chi connectivity index (χ2v) is 9.85. The molecule has 2 amide bonds. The number of methoxy groups -OCH3 is 2. The second kappa shape index (κ2) is 16.0. The van der Waals surface area contributed by atoms with Crippen LogP contribution in [0.2, 0.25) is 0 Å². The van der Waals surface area contributed by atoms with E-state index in [1.54, 1.807) is 24.3 Å². The number of benzene rings is 1. The molecule has 1 aromatic carbocycles. The van der Waals surface area contributed by atoms with Crippen molar-refractivity contribution in [1.82, 2.24) is 10.6 Å². The first-order chi connectivity index (χ1) is 20.3. The van der Waals surface area contributed by atoms with Crippen molar-refractivity contribution in [3.05, 3.63) is 119 Å². The van der Waals surface area contributed by atoms with E-state index >= 15 is 0 Å². The smallest absolute Gasteiger partial charge is 0.227 e. The Morgan fingerprint density at radius 3 is 2.55 bits per heavy atom. The van der Waals surface area contributed by atoms with Gasteiger partial charge in [-0.25, -0.2) is 4.39 Å². The van der Waals surface area contributed by atoms with Crippen molar-refractivity contribution < 1.29 is 28.2 Å². The molecule has 1 aromatic rings. The summed E-state index contributed by atoms with van der Waals surface area (Å²) >= 11 is 0. The fraction of sp³-hybridized carbons (Fsp3) is 0.303. The Labute approximate surface area is 246 Å². The van der Waals surface area contributed by atoms with Crippen molar-refractivity contribution in [1.29, 1.82) is 5.41 Å². The second-order valence-electron chi connectivity index (χ2n) is 9.85. The van der Waals surface area contributed by atoms with Crippen LogP contribution in [0, 0.1) is 16.6 Å². The van der Waals surface area contributed by atoms with Crippen LogP contribution in [0.25, 0.3) is 0 Å². The molecule has 1 fully saturated rings. The van der Waals surface area contributed by atoms with Gasteiger partial charge in [0.05, 0.1) is 19.6 Å². The maximum atomic E-state index is 13.1. The third kappa shape index (κ3) is 9.76. The SMILES string of the molecule is C\C=C/C(=C\C(=C\OC)OC)C(=C\C=N)/O/C1=C/C/C=C(/NC(=O)CC2(C(=O)NCc3ccc(F)cc3)CC2)CC=C1. The summed E-state index contributed by atoms with van der Waals surface area (Å²) in [4.78, 5) is 25.7. The molecular formula is C33H38FN3O5. The first-order valence-electron chi connectivity index (χ1n) is 13.7. The molecule has 8 nitrogen and oxygen atoms in total. The molecule has 42 heavy (non-hydrogen) atoms. The van der Waals surface area contributed by atoms with E-state index in [0.717, 1.165) is 17.5 Å². The number of amides is 2. The molecule has 0 bridgehead atoms.